The molecule has 0 saturated carbocycles. The fourth-order valence-corrected chi connectivity index (χ4v) is 4.36. The van der Waals surface area contributed by atoms with Crippen LogP contribution in [0.25, 0.3) is 6.08 Å². The molecule has 0 bridgehead atoms. The van der Waals surface area contributed by atoms with Gasteiger partial charge in [0.1, 0.15) is 0 Å². The Balaban J connectivity index is 1.54. The third-order valence-electron chi connectivity index (χ3n) is 4.81. The highest BCUT2D eigenvalue weighted by Crippen LogP contribution is 2.34. The molecule has 0 spiro atoms. The summed E-state index contributed by atoms with van der Waals surface area (Å²) >= 11 is 1.43. The zero-order chi connectivity index (χ0) is 19.5. The second kappa shape index (κ2) is 8.24. The first-order chi connectivity index (χ1) is 13.6. The van der Waals surface area contributed by atoms with E-state index in [0.29, 0.717) is 11.4 Å². The molecule has 2 fully saturated rings. The van der Waals surface area contributed by atoms with Crippen LogP contribution in [0.5, 0.6) is 0 Å². The number of ether oxygens (including phenoxy) is 1. The summed E-state index contributed by atoms with van der Waals surface area (Å²) in [4.78, 5) is 22.2. The van der Waals surface area contributed by atoms with Gasteiger partial charge in [-0.1, -0.05) is 0 Å². The minimum Gasteiger partial charge on any atom is -0.378 e. The summed E-state index contributed by atoms with van der Waals surface area (Å²) in [7, 11) is 1.97. The van der Waals surface area contributed by atoms with Crippen molar-refractivity contribution in [1.82, 2.24) is 9.47 Å². The van der Waals surface area contributed by atoms with Gasteiger partial charge in [0.25, 0.3) is 5.91 Å². The maximum absolute atomic E-state index is 12.7. The lowest BCUT2D eigenvalue weighted by atomic mass is 10.2. The van der Waals surface area contributed by atoms with Crippen molar-refractivity contribution in [3.63, 3.8) is 0 Å². The number of anilines is 1. The monoisotopic (exact) mass is 396 g/mol. The van der Waals surface area contributed by atoms with E-state index in [4.69, 9.17) is 9.73 Å². The van der Waals surface area contributed by atoms with Gasteiger partial charge in [-0.3, -0.25) is 9.69 Å². The van der Waals surface area contributed by atoms with Crippen molar-refractivity contribution in [2.24, 2.45) is 12.0 Å². The molecule has 2 saturated heterocycles. The van der Waals surface area contributed by atoms with Crippen LogP contribution in [0, 0.1) is 0 Å². The predicted molar refractivity (Wildman–Crippen MR) is 115 cm³/mol. The van der Waals surface area contributed by atoms with Gasteiger partial charge in [0, 0.05) is 44.8 Å². The Morgan fingerprint density at radius 3 is 2.57 bits per heavy atom. The van der Waals surface area contributed by atoms with E-state index in [1.54, 1.807) is 4.90 Å². The molecule has 7 heteroatoms. The molecule has 6 nitrogen and oxygen atoms in total. The predicted octanol–water partition coefficient (Wildman–Crippen LogP) is 3.49. The fourth-order valence-electron chi connectivity index (χ4n) is 3.30. The second-order valence-electron chi connectivity index (χ2n) is 6.78. The van der Waals surface area contributed by atoms with E-state index in [1.807, 2.05) is 55.2 Å². The molecule has 28 heavy (non-hydrogen) atoms. The van der Waals surface area contributed by atoms with Crippen molar-refractivity contribution in [2.75, 3.05) is 37.7 Å². The molecule has 2 aromatic rings. The van der Waals surface area contributed by atoms with Crippen molar-refractivity contribution in [3.8, 4) is 0 Å². The molecule has 0 radical (unpaired) electrons. The number of aromatic nitrogens is 1. The van der Waals surface area contributed by atoms with E-state index in [9.17, 15) is 4.79 Å². The average molecular weight is 397 g/mol. The molecule has 0 aliphatic carbocycles. The van der Waals surface area contributed by atoms with Crippen LogP contribution in [0.15, 0.2) is 52.6 Å². The lowest BCUT2D eigenvalue weighted by Gasteiger charge is -2.28. The molecular formula is C21H24N4O2S. The number of nitrogens with zero attached hydrogens (tertiary/aromatic N) is 4. The second-order valence-corrected chi connectivity index (χ2v) is 7.79. The number of aryl methyl sites for hydroxylation is 1. The summed E-state index contributed by atoms with van der Waals surface area (Å²) in [5.74, 6) is 0.0139. The molecule has 1 aromatic carbocycles. The first-order valence-corrected chi connectivity index (χ1v) is 10.3. The maximum atomic E-state index is 12.7. The van der Waals surface area contributed by atoms with Gasteiger partial charge in [0.05, 0.1) is 23.8 Å². The van der Waals surface area contributed by atoms with Gasteiger partial charge >= 0.3 is 0 Å². The normalized spacial score (nSPS) is 20.6. The molecule has 0 atom stereocenters. The summed E-state index contributed by atoms with van der Waals surface area (Å²) in [6.07, 6.45) is 5.90. The van der Waals surface area contributed by atoms with Gasteiger partial charge in [-0.05, 0) is 60.7 Å². The van der Waals surface area contributed by atoms with Crippen LogP contribution >= 0.6 is 11.8 Å². The van der Waals surface area contributed by atoms with E-state index in [1.165, 1.54) is 17.4 Å². The number of amides is 1. The number of thioether (sulfide) groups is 1. The Kier molecular flexibility index (Phi) is 5.54. The molecule has 1 amide bonds. The van der Waals surface area contributed by atoms with Crippen molar-refractivity contribution < 1.29 is 9.53 Å². The number of likely N-dealkylation sites (N-methyl/N-ethyl adjacent to an activating group) is 1. The number of hydrogen-bond donors (Lipinski definition) is 0. The van der Waals surface area contributed by atoms with Gasteiger partial charge in [-0.15, -0.1) is 0 Å². The summed E-state index contributed by atoms with van der Waals surface area (Å²) < 4.78 is 7.38. The molecule has 0 unspecified atom stereocenters. The minimum atomic E-state index is 0.0139. The highest BCUT2D eigenvalue weighted by atomic mass is 32.2. The molecule has 2 aliphatic heterocycles. The number of amidine groups is 1. The van der Waals surface area contributed by atoms with Crippen molar-refractivity contribution >= 4 is 40.3 Å². The topological polar surface area (TPSA) is 50.1 Å². The van der Waals surface area contributed by atoms with Gasteiger partial charge in [-0.25, -0.2) is 4.99 Å². The zero-order valence-corrected chi connectivity index (χ0v) is 17.0. The Labute approximate surface area is 169 Å². The first-order valence-electron chi connectivity index (χ1n) is 9.49. The summed E-state index contributed by atoms with van der Waals surface area (Å²) in [5.41, 5.74) is 3.05. The SMILES string of the molecule is CCN1C(=O)/C(=C\c2ccn(C)c2)SC1=Nc1ccc(N2CCOCC2)cc1. The third kappa shape index (κ3) is 4.00. The van der Waals surface area contributed by atoms with E-state index < -0.39 is 0 Å². The van der Waals surface area contributed by atoms with Crippen LogP contribution < -0.4 is 4.90 Å². The number of hydrogen-bond acceptors (Lipinski definition) is 5. The minimum absolute atomic E-state index is 0.0139. The molecule has 4 rings (SSSR count). The number of aliphatic imine (C=N–C) groups is 1. The molecule has 0 N–H and O–H groups in total. The number of carbonyl (C=O) groups excluding carboxylic acids is 1. The summed E-state index contributed by atoms with van der Waals surface area (Å²) in [6.45, 7) is 5.93. The standard InChI is InChI=1S/C21H24N4O2S/c1-3-25-20(26)19(14-16-8-9-23(2)15-16)28-21(25)22-17-4-6-18(7-5-17)24-10-12-27-13-11-24/h4-9,14-15H,3,10-13H2,1-2H3/b19-14+,22-21?. The number of rotatable bonds is 4. The molecule has 2 aliphatic rings. The van der Waals surface area contributed by atoms with E-state index in [0.717, 1.165) is 42.7 Å². The van der Waals surface area contributed by atoms with Crippen molar-refractivity contribution in [2.45, 2.75) is 6.92 Å². The van der Waals surface area contributed by atoms with E-state index >= 15 is 0 Å². The van der Waals surface area contributed by atoms with Crippen molar-refractivity contribution in [3.05, 3.63) is 53.2 Å². The Morgan fingerprint density at radius 2 is 1.93 bits per heavy atom. The number of benzene rings is 1. The highest BCUT2D eigenvalue weighted by molar-refractivity contribution is 8.18. The Hall–Kier alpha value is -2.51. The highest BCUT2D eigenvalue weighted by Gasteiger charge is 2.32. The average Bonchev–Trinajstić information content (AvgIpc) is 3.26. The van der Waals surface area contributed by atoms with Gasteiger partial charge < -0.3 is 14.2 Å². The molecular weight excluding hydrogens is 372 g/mol. The van der Waals surface area contributed by atoms with Gasteiger partial charge in [0.2, 0.25) is 0 Å². The van der Waals surface area contributed by atoms with E-state index in [-0.39, 0.29) is 5.91 Å². The quantitative estimate of drug-likeness (QED) is 0.743. The van der Waals surface area contributed by atoms with Gasteiger partial charge in [0.15, 0.2) is 5.17 Å². The maximum Gasteiger partial charge on any atom is 0.266 e. The number of morpholine rings is 1. The van der Waals surface area contributed by atoms with Gasteiger partial charge in [-0.2, -0.15) is 0 Å². The lowest BCUT2D eigenvalue weighted by molar-refractivity contribution is -0.122. The van der Waals surface area contributed by atoms with Crippen LogP contribution in [0.1, 0.15) is 12.5 Å². The molecule has 146 valence electrons. The largest absolute Gasteiger partial charge is 0.378 e. The lowest BCUT2D eigenvalue weighted by Crippen LogP contribution is -2.36. The third-order valence-corrected chi connectivity index (χ3v) is 5.81. The first kappa shape index (κ1) is 18.8. The smallest absolute Gasteiger partial charge is 0.266 e. The molecule has 3 heterocycles. The summed E-state index contributed by atoms with van der Waals surface area (Å²) in [6, 6.07) is 10.2. The molecule has 1 aromatic heterocycles. The zero-order valence-electron chi connectivity index (χ0n) is 16.2. The van der Waals surface area contributed by atoms with Crippen molar-refractivity contribution in [1.29, 1.82) is 0 Å². The van der Waals surface area contributed by atoms with Crippen LogP contribution in [-0.4, -0.2) is 53.4 Å². The Morgan fingerprint density at radius 1 is 1.18 bits per heavy atom. The van der Waals surface area contributed by atoms with Crippen LogP contribution in [0.4, 0.5) is 11.4 Å². The summed E-state index contributed by atoms with van der Waals surface area (Å²) in [5, 5.41) is 0.730. The van der Waals surface area contributed by atoms with Crippen LogP contribution in [-0.2, 0) is 16.6 Å². The fraction of sp³-hybridized carbons (Fsp3) is 0.333. The number of carbonyl (C=O) groups is 1. The van der Waals surface area contributed by atoms with E-state index in [2.05, 4.69) is 17.0 Å². The van der Waals surface area contributed by atoms with Crippen LogP contribution in [0.3, 0.4) is 0 Å². The Bertz CT molecular complexity index is 911. The van der Waals surface area contributed by atoms with Crippen LogP contribution in [0.2, 0.25) is 0 Å².